The molecule has 1 aliphatic carbocycles. The minimum atomic E-state index is -2.05. The first-order chi connectivity index (χ1) is 7.04. The van der Waals surface area contributed by atoms with Gasteiger partial charge in [-0.1, -0.05) is 6.92 Å². The summed E-state index contributed by atoms with van der Waals surface area (Å²) in [7, 11) is 0. The average Bonchev–Trinajstić information content (AvgIpc) is 2.23. The van der Waals surface area contributed by atoms with Gasteiger partial charge in [-0.2, -0.15) is 11.8 Å². The normalized spacial score (nSPS) is 27.6. The molecule has 0 heterocycles. The number of thioether (sulfide) groups is 1. The highest BCUT2D eigenvalue weighted by Gasteiger charge is 2.37. The third-order valence-electron chi connectivity index (χ3n) is 2.36. The molecule has 86 valence electrons. The fourth-order valence-electron chi connectivity index (χ4n) is 1.53. The van der Waals surface area contributed by atoms with E-state index in [-0.39, 0.29) is 12.2 Å². The summed E-state index contributed by atoms with van der Waals surface area (Å²) in [6.07, 6.45) is -2.49. The van der Waals surface area contributed by atoms with Crippen LogP contribution in [0.1, 0.15) is 13.3 Å². The fourth-order valence-corrected chi connectivity index (χ4v) is 2.12. The monoisotopic (exact) mass is 240 g/mol. The topological polar surface area (TPSA) is 0 Å². The summed E-state index contributed by atoms with van der Waals surface area (Å²) in [5.41, 5.74) is -0.824. The van der Waals surface area contributed by atoms with Crippen LogP contribution in [0.3, 0.4) is 0 Å². The molecule has 2 unspecified atom stereocenters. The Labute approximate surface area is 90.4 Å². The van der Waals surface area contributed by atoms with Crippen LogP contribution in [0.15, 0.2) is 22.8 Å². The molecule has 0 saturated heterocycles. The van der Waals surface area contributed by atoms with E-state index in [4.69, 9.17) is 0 Å². The van der Waals surface area contributed by atoms with Crippen LogP contribution >= 0.6 is 11.8 Å². The van der Waals surface area contributed by atoms with Crippen LogP contribution in [-0.2, 0) is 0 Å². The molecule has 0 aromatic heterocycles. The second-order valence-corrected chi connectivity index (χ2v) is 4.13. The van der Waals surface area contributed by atoms with Crippen LogP contribution in [0, 0.1) is 0 Å². The van der Waals surface area contributed by atoms with Gasteiger partial charge in [-0.25, -0.2) is 17.6 Å². The maximum atomic E-state index is 13.4. The Morgan fingerprint density at radius 3 is 2.00 bits per heavy atom. The standard InChI is InChI=1S/C10H12F4S/c1-3-5-7(11)9(13)6(4-15-2)10(14)8(5)12/h7,9H,3-4H2,1-2H3. The van der Waals surface area contributed by atoms with Crippen molar-refractivity contribution in [2.75, 3.05) is 12.0 Å². The van der Waals surface area contributed by atoms with Gasteiger partial charge in [0.2, 0.25) is 0 Å². The summed E-state index contributed by atoms with van der Waals surface area (Å²) < 4.78 is 53.3. The Morgan fingerprint density at radius 1 is 1.07 bits per heavy atom. The van der Waals surface area contributed by atoms with Crippen molar-refractivity contribution in [1.82, 2.24) is 0 Å². The van der Waals surface area contributed by atoms with E-state index >= 15 is 0 Å². The van der Waals surface area contributed by atoms with Crippen molar-refractivity contribution in [2.24, 2.45) is 0 Å². The number of alkyl halides is 2. The van der Waals surface area contributed by atoms with Crippen molar-refractivity contribution in [3.05, 3.63) is 22.8 Å². The van der Waals surface area contributed by atoms with Crippen LogP contribution in [0.4, 0.5) is 17.6 Å². The summed E-state index contributed by atoms with van der Waals surface area (Å²) >= 11 is 1.13. The number of rotatable bonds is 3. The predicted molar refractivity (Wildman–Crippen MR) is 54.7 cm³/mol. The highest BCUT2D eigenvalue weighted by molar-refractivity contribution is 7.98. The lowest BCUT2D eigenvalue weighted by molar-refractivity contribution is 0.207. The van der Waals surface area contributed by atoms with Gasteiger partial charge in [-0.3, -0.25) is 0 Å². The van der Waals surface area contributed by atoms with Crippen LogP contribution in [0.25, 0.3) is 0 Å². The lowest BCUT2D eigenvalue weighted by atomic mass is 9.92. The van der Waals surface area contributed by atoms with Crippen molar-refractivity contribution in [2.45, 2.75) is 25.7 Å². The van der Waals surface area contributed by atoms with Gasteiger partial charge >= 0.3 is 0 Å². The molecule has 0 aromatic carbocycles. The molecule has 0 fully saturated rings. The van der Waals surface area contributed by atoms with Crippen molar-refractivity contribution >= 4 is 11.8 Å². The highest BCUT2D eigenvalue weighted by atomic mass is 32.2. The summed E-state index contributed by atoms with van der Waals surface area (Å²) in [5, 5.41) is 0. The molecule has 2 atom stereocenters. The predicted octanol–water partition coefficient (Wildman–Crippen LogP) is 3.90. The van der Waals surface area contributed by atoms with E-state index in [2.05, 4.69) is 0 Å². The first kappa shape index (κ1) is 12.6. The van der Waals surface area contributed by atoms with Gasteiger partial charge in [0.25, 0.3) is 0 Å². The van der Waals surface area contributed by atoms with Gasteiger partial charge in [0, 0.05) is 16.9 Å². The maximum Gasteiger partial charge on any atom is 0.161 e. The van der Waals surface area contributed by atoms with Gasteiger partial charge in [0.1, 0.15) is 0 Å². The van der Waals surface area contributed by atoms with E-state index in [0.29, 0.717) is 0 Å². The molecule has 0 aliphatic heterocycles. The van der Waals surface area contributed by atoms with Crippen LogP contribution in [0.5, 0.6) is 0 Å². The Morgan fingerprint density at radius 2 is 1.53 bits per heavy atom. The van der Waals surface area contributed by atoms with Gasteiger partial charge in [0.15, 0.2) is 24.0 Å². The molecule has 5 heteroatoms. The Bertz CT molecular complexity index is 309. The molecular weight excluding hydrogens is 228 g/mol. The zero-order chi connectivity index (χ0) is 11.6. The molecule has 0 bridgehead atoms. The lowest BCUT2D eigenvalue weighted by Gasteiger charge is -2.24. The third-order valence-corrected chi connectivity index (χ3v) is 2.96. The molecule has 0 spiro atoms. The molecule has 0 saturated carbocycles. The SMILES string of the molecule is CCC1=C(F)C(F)=C(CSC)C(F)C1F. The Kier molecular flexibility index (Phi) is 4.25. The highest BCUT2D eigenvalue weighted by Crippen LogP contribution is 2.38. The van der Waals surface area contributed by atoms with E-state index in [1.807, 2.05) is 0 Å². The zero-order valence-electron chi connectivity index (χ0n) is 8.49. The van der Waals surface area contributed by atoms with E-state index in [0.717, 1.165) is 11.8 Å². The van der Waals surface area contributed by atoms with E-state index in [1.165, 1.54) is 6.92 Å². The number of hydrogen-bond acceptors (Lipinski definition) is 1. The maximum absolute atomic E-state index is 13.4. The number of allylic oxidation sites excluding steroid dienone is 3. The Balaban J connectivity index is 3.15. The molecule has 1 aliphatic rings. The van der Waals surface area contributed by atoms with Crippen LogP contribution in [0.2, 0.25) is 0 Å². The first-order valence-corrected chi connectivity index (χ1v) is 5.98. The smallest absolute Gasteiger partial charge is 0.161 e. The number of hydrogen-bond donors (Lipinski definition) is 0. The summed E-state index contributed by atoms with van der Waals surface area (Å²) in [4.78, 5) is 0. The summed E-state index contributed by atoms with van der Waals surface area (Å²) in [5.74, 6) is -2.47. The number of halogens is 4. The Hall–Kier alpha value is -0.450. The molecule has 0 aromatic rings. The fraction of sp³-hybridized carbons (Fsp3) is 0.600. The van der Waals surface area contributed by atoms with Gasteiger partial charge in [-0.15, -0.1) is 0 Å². The van der Waals surface area contributed by atoms with Gasteiger partial charge in [-0.05, 0) is 12.7 Å². The quantitative estimate of drug-likeness (QED) is 0.674. The molecule has 0 radical (unpaired) electrons. The molecule has 0 amide bonds. The van der Waals surface area contributed by atoms with Crippen molar-refractivity contribution < 1.29 is 17.6 Å². The molecular formula is C10H12F4S. The lowest BCUT2D eigenvalue weighted by Crippen LogP contribution is -2.28. The van der Waals surface area contributed by atoms with E-state index in [9.17, 15) is 17.6 Å². The summed E-state index contributed by atoms with van der Waals surface area (Å²) in [6.45, 7) is 1.47. The minimum absolute atomic E-state index is 0.0204. The van der Waals surface area contributed by atoms with Crippen molar-refractivity contribution in [1.29, 1.82) is 0 Å². The second kappa shape index (κ2) is 5.05. The van der Waals surface area contributed by atoms with Gasteiger partial charge < -0.3 is 0 Å². The molecule has 0 nitrogen and oxygen atoms in total. The average molecular weight is 240 g/mol. The van der Waals surface area contributed by atoms with Gasteiger partial charge in [0.05, 0.1) is 0 Å². The van der Waals surface area contributed by atoms with Crippen LogP contribution < -0.4 is 0 Å². The largest absolute Gasteiger partial charge is 0.239 e. The van der Waals surface area contributed by atoms with Crippen molar-refractivity contribution in [3.8, 4) is 0 Å². The third kappa shape index (κ3) is 2.22. The molecule has 1 rings (SSSR count). The minimum Gasteiger partial charge on any atom is -0.239 e. The first-order valence-electron chi connectivity index (χ1n) is 4.59. The molecule has 0 N–H and O–H groups in total. The van der Waals surface area contributed by atoms with E-state index < -0.39 is 35.1 Å². The summed E-state index contributed by atoms with van der Waals surface area (Å²) in [6, 6.07) is 0. The molecule has 15 heavy (non-hydrogen) atoms. The second-order valence-electron chi connectivity index (χ2n) is 3.27. The van der Waals surface area contributed by atoms with Crippen molar-refractivity contribution in [3.63, 3.8) is 0 Å². The zero-order valence-corrected chi connectivity index (χ0v) is 9.31. The van der Waals surface area contributed by atoms with Crippen LogP contribution in [-0.4, -0.2) is 24.4 Å². The van der Waals surface area contributed by atoms with E-state index in [1.54, 1.807) is 6.26 Å².